The lowest BCUT2D eigenvalue weighted by molar-refractivity contribution is -0.119. The Labute approximate surface area is 120 Å². The fourth-order valence-corrected chi connectivity index (χ4v) is 2.43. The first-order chi connectivity index (χ1) is 9.52. The van der Waals surface area contributed by atoms with Crippen molar-refractivity contribution in [2.45, 2.75) is 46.7 Å². The number of fused-ring (bicyclic) bond motifs is 1. The third-order valence-corrected chi connectivity index (χ3v) is 3.68. The molecule has 4 nitrogen and oxygen atoms in total. The molecule has 1 aromatic carbocycles. The van der Waals surface area contributed by atoms with E-state index in [1.54, 1.807) is 0 Å². The van der Waals surface area contributed by atoms with Crippen LogP contribution in [0.3, 0.4) is 0 Å². The molecule has 4 heteroatoms. The van der Waals surface area contributed by atoms with Crippen LogP contribution in [-0.4, -0.2) is 15.5 Å². The summed E-state index contributed by atoms with van der Waals surface area (Å²) < 4.78 is 2.24. The molecule has 0 bridgehead atoms. The molecule has 0 radical (unpaired) electrons. The largest absolute Gasteiger partial charge is 0.347 e. The number of amides is 1. The van der Waals surface area contributed by atoms with Crippen molar-refractivity contribution in [3.8, 4) is 0 Å². The zero-order chi connectivity index (χ0) is 14.7. The molecule has 0 saturated heterocycles. The number of carbonyl (C=O) groups excluding carboxylic acids is 1. The fraction of sp³-hybridized carbons (Fsp3) is 0.500. The number of imidazole rings is 1. The molecule has 0 fully saturated rings. The Balaban J connectivity index is 2.45. The minimum Gasteiger partial charge on any atom is -0.347 e. The normalized spacial score (nSPS) is 14.2. The van der Waals surface area contributed by atoms with E-state index in [0.29, 0.717) is 5.92 Å². The van der Waals surface area contributed by atoms with Crippen molar-refractivity contribution >= 4 is 16.9 Å². The van der Waals surface area contributed by atoms with Crippen LogP contribution in [0.15, 0.2) is 24.3 Å². The van der Waals surface area contributed by atoms with Crippen LogP contribution >= 0.6 is 0 Å². The summed E-state index contributed by atoms with van der Waals surface area (Å²) in [5, 5.41) is 2.93. The van der Waals surface area contributed by atoms with Crippen molar-refractivity contribution in [1.29, 1.82) is 0 Å². The lowest BCUT2D eigenvalue weighted by atomic mass is 10.1. The fourth-order valence-electron chi connectivity index (χ4n) is 2.43. The van der Waals surface area contributed by atoms with Crippen molar-refractivity contribution in [2.24, 2.45) is 5.92 Å². The molecule has 108 valence electrons. The summed E-state index contributed by atoms with van der Waals surface area (Å²) in [4.78, 5) is 16.0. The second kappa shape index (κ2) is 6.07. The van der Waals surface area contributed by atoms with E-state index in [1.165, 1.54) is 6.92 Å². The molecule has 2 aromatic rings. The van der Waals surface area contributed by atoms with Gasteiger partial charge in [-0.3, -0.25) is 4.79 Å². The van der Waals surface area contributed by atoms with Gasteiger partial charge in [-0.2, -0.15) is 0 Å². The van der Waals surface area contributed by atoms with Gasteiger partial charge in [0, 0.05) is 13.5 Å². The van der Waals surface area contributed by atoms with Crippen LogP contribution in [0.4, 0.5) is 0 Å². The topological polar surface area (TPSA) is 46.9 Å². The number of para-hydroxylation sites is 2. The first-order valence-corrected chi connectivity index (χ1v) is 7.25. The van der Waals surface area contributed by atoms with Crippen molar-refractivity contribution in [3.05, 3.63) is 30.1 Å². The molecule has 1 N–H and O–H groups in total. The van der Waals surface area contributed by atoms with Crippen molar-refractivity contribution < 1.29 is 4.79 Å². The van der Waals surface area contributed by atoms with E-state index in [9.17, 15) is 4.79 Å². The van der Waals surface area contributed by atoms with Crippen molar-refractivity contribution in [2.75, 3.05) is 0 Å². The zero-order valence-corrected chi connectivity index (χ0v) is 12.7. The molecule has 0 aliphatic heterocycles. The Hall–Kier alpha value is -1.84. The average molecular weight is 273 g/mol. The maximum Gasteiger partial charge on any atom is 0.217 e. The molecule has 2 unspecified atom stereocenters. The molecule has 2 atom stereocenters. The van der Waals surface area contributed by atoms with E-state index >= 15 is 0 Å². The van der Waals surface area contributed by atoms with E-state index in [1.807, 2.05) is 25.1 Å². The van der Waals surface area contributed by atoms with Gasteiger partial charge in [-0.25, -0.2) is 4.98 Å². The predicted molar refractivity (Wildman–Crippen MR) is 81.4 cm³/mol. The number of nitrogens with one attached hydrogen (secondary N) is 1. The van der Waals surface area contributed by atoms with Crippen LogP contribution in [0.25, 0.3) is 11.0 Å². The van der Waals surface area contributed by atoms with E-state index in [2.05, 4.69) is 29.8 Å². The highest BCUT2D eigenvalue weighted by Crippen LogP contribution is 2.22. The molecular formula is C16H23N3O. The van der Waals surface area contributed by atoms with Crippen LogP contribution in [0.1, 0.15) is 46.0 Å². The maximum absolute atomic E-state index is 11.3. The van der Waals surface area contributed by atoms with Crippen molar-refractivity contribution in [1.82, 2.24) is 14.9 Å². The number of hydrogen-bond donors (Lipinski definition) is 1. The Morgan fingerprint density at radius 2 is 2.05 bits per heavy atom. The van der Waals surface area contributed by atoms with Crippen LogP contribution in [0.5, 0.6) is 0 Å². The molecule has 0 spiro atoms. The summed E-state index contributed by atoms with van der Waals surface area (Å²) in [7, 11) is 0. The van der Waals surface area contributed by atoms with E-state index in [0.717, 1.165) is 29.8 Å². The van der Waals surface area contributed by atoms with Gasteiger partial charge in [0.25, 0.3) is 0 Å². The lowest BCUT2D eigenvalue weighted by Gasteiger charge is -2.18. The van der Waals surface area contributed by atoms with Gasteiger partial charge >= 0.3 is 0 Å². The second-order valence-electron chi connectivity index (χ2n) is 5.50. The summed E-state index contributed by atoms with van der Waals surface area (Å²) in [6.45, 7) is 8.88. The molecule has 1 heterocycles. The molecule has 0 aliphatic rings. The second-order valence-corrected chi connectivity index (χ2v) is 5.50. The molecule has 1 amide bonds. The maximum atomic E-state index is 11.3. The first kappa shape index (κ1) is 14.6. The zero-order valence-electron chi connectivity index (χ0n) is 12.7. The molecule has 2 rings (SSSR count). The number of nitrogens with zero attached hydrogens (tertiary/aromatic N) is 2. The van der Waals surface area contributed by atoms with Gasteiger partial charge in [-0.1, -0.05) is 32.4 Å². The van der Waals surface area contributed by atoms with Gasteiger partial charge in [0.2, 0.25) is 5.91 Å². The quantitative estimate of drug-likeness (QED) is 0.908. The minimum atomic E-state index is -0.0797. The third kappa shape index (κ3) is 3.00. The SMILES string of the molecule is CCC(C)Cn1c(C(C)NC(C)=O)nc2ccccc21. The van der Waals surface area contributed by atoms with Crippen LogP contribution in [-0.2, 0) is 11.3 Å². The van der Waals surface area contributed by atoms with Crippen molar-refractivity contribution in [3.63, 3.8) is 0 Å². The van der Waals surface area contributed by atoms with Crippen LogP contribution in [0, 0.1) is 5.92 Å². The lowest BCUT2D eigenvalue weighted by Crippen LogP contribution is -2.26. The summed E-state index contributed by atoms with van der Waals surface area (Å²) in [6.07, 6.45) is 1.13. The van der Waals surface area contributed by atoms with Gasteiger partial charge in [0.15, 0.2) is 0 Å². The highest BCUT2D eigenvalue weighted by Gasteiger charge is 2.18. The smallest absolute Gasteiger partial charge is 0.217 e. The molecule has 0 saturated carbocycles. The van der Waals surface area contributed by atoms with Crippen LogP contribution in [0.2, 0.25) is 0 Å². The van der Waals surface area contributed by atoms with E-state index in [4.69, 9.17) is 4.98 Å². The Morgan fingerprint density at radius 3 is 2.70 bits per heavy atom. The number of rotatable bonds is 5. The van der Waals surface area contributed by atoms with Crippen LogP contribution < -0.4 is 5.32 Å². The summed E-state index contributed by atoms with van der Waals surface area (Å²) >= 11 is 0. The molecule has 20 heavy (non-hydrogen) atoms. The predicted octanol–water partition coefficient (Wildman–Crippen LogP) is 3.28. The number of aromatic nitrogens is 2. The molecule has 0 aliphatic carbocycles. The number of carbonyl (C=O) groups is 1. The Morgan fingerprint density at radius 1 is 1.35 bits per heavy atom. The minimum absolute atomic E-state index is 0.0281. The Bertz CT molecular complexity index is 603. The summed E-state index contributed by atoms with van der Waals surface area (Å²) in [5.74, 6) is 1.48. The Kier molecular flexibility index (Phi) is 4.42. The van der Waals surface area contributed by atoms with Gasteiger partial charge in [-0.15, -0.1) is 0 Å². The number of hydrogen-bond acceptors (Lipinski definition) is 2. The van der Waals surface area contributed by atoms with Gasteiger partial charge in [0.05, 0.1) is 17.1 Å². The summed E-state index contributed by atoms with van der Waals surface area (Å²) in [5.41, 5.74) is 2.13. The van der Waals surface area contributed by atoms with E-state index in [-0.39, 0.29) is 11.9 Å². The highest BCUT2D eigenvalue weighted by molar-refractivity contribution is 5.77. The average Bonchev–Trinajstić information content (AvgIpc) is 2.77. The third-order valence-electron chi connectivity index (χ3n) is 3.68. The van der Waals surface area contributed by atoms with E-state index < -0.39 is 0 Å². The summed E-state index contributed by atoms with van der Waals surface area (Å²) in [6, 6.07) is 8.06. The van der Waals surface area contributed by atoms with Gasteiger partial charge < -0.3 is 9.88 Å². The molecular weight excluding hydrogens is 250 g/mol. The standard InChI is InChI=1S/C16H23N3O/c1-5-11(2)10-19-15-9-7-6-8-14(15)18-16(19)12(3)17-13(4)20/h6-9,11-12H,5,10H2,1-4H3,(H,17,20). The molecule has 1 aromatic heterocycles. The first-order valence-electron chi connectivity index (χ1n) is 7.25. The van der Waals surface area contributed by atoms with Gasteiger partial charge in [-0.05, 0) is 25.0 Å². The number of benzene rings is 1. The van der Waals surface area contributed by atoms with Gasteiger partial charge in [0.1, 0.15) is 5.82 Å². The monoisotopic (exact) mass is 273 g/mol. The highest BCUT2D eigenvalue weighted by atomic mass is 16.1.